The van der Waals surface area contributed by atoms with Crippen LogP contribution < -0.4 is 4.90 Å². The fourth-order valence-corrected chi connectivity index (χ4v) is 4.03. The number of urea groups is 1. The van der Waals surface area contributed by atoms with Crippen molar-refractivity contribution in [2.75, 3.05) is 16.5 Å². The Morgan fingerprint density at radius 2 is 2.11 bits per heavy atom. The van der Waals surface area contributed by atoms with Crippen LogP contribution in [-0.2, 0) is 15.6 Å². The molecule has 0 saturated carbocycles. The summed E-state index contributed by atoms with van der Waals surface area (Å²) in [4.78, 5) is 27.1. The minimum Gasteiger partial charge on any atom is -0.299 e. The first-order chi connectivity index (χ1) is 8.99. The van der Waals surface area contributed by atoms with Crippen molar-refractivity contribution in [2.45, 2.75) is 13.0 Å². The number of nitrogens with zero attached hydrogens (tertiary/aromatic N) is 2. The van der Waals surface area contributed by atoms with Gasteiger partial charge in [0.1, 0.15) is 6.04 Å². The molecule has 2 aliphatic rings. The molecule has 0 aromatic heterocycles. The summed E-state index contributed by atoms with van der Waals surface area (Å²) >= 11 is 5.87. The highest BCUT2D eigenvalue weighted by atomic mass is 35.5. The fourth-order valence-electron chi connectivity index (χ4n) is 2.42. The van der Waals surface area contributed by atoms with E-state index in [1.54, 1.807) is 25.1 Å². The topological polar surface area (TPSA) is 57.7 Å². The lowest BCUT2D eigenvalue weighted by Crippen LogP contribution is -2.34. The first kappa shape index (κ1) is 12.6. The van der Waals surface area contributed by atoms with Gasteiger partial charge in [-0.2, -0.15) is 0 Å². The third kappa shape index (κ3) is 1.86. The maximum atomic E-state index is 12.3. The zero-order chi connectivity index (χ0) is 13.7. The van der Waals surface area contributed by atoms with E-state index in [2.05, 4.69) is 0 Å². The fraction of sp³-hybridized carbons (Fsp3) is 0.333. The zero-order valence-corrected chi connectivity index (χ0v) is 11.7. The molecule has 2 atom stereocenters. The van der Waals surface area contributed by atoms with E-state index in [0.717, 1.165) is 10.5 Å². The smallest absolute Gasteiger partial charge is 0.299 e. The van der Waals surface area contributed by atoms with E-state index in [9.17, 15) is 13.8 Å². The summed E-state index contributed by atoms with van der Waals surface area (Å²) in [5.41, 5.74) is 1.30. The second-order valence-corrected chi connectivity index (χ2v) is 6.52. The van der Waals surface area contributed by atoms with Gasteiger partial charge >= 0.3 is 6.03 Å². The number of halogens is 1. The number of hydrogen-bond donors (Lipinski definition) is 0. The highest BCUT2D eigenvalue weighted by molar-refractivity contribution is 7.85. The summed E-state index contributed by atoms with van der Waals surface area (Å²) < 4.78 is 11.4. The van der Waals surface area contributed by atoms with Crippen molar-refractivity contribution in [3.05, 3.63) is 28.8 Å². The second kappa shape index (κ2) is 4.31. The molecule has 0 radical (unpaired) electrons. The van der Waals surface area contributed by atoms with Crippen LogP contribution in [0.25, 0.3) is 0 Å². The minimum absolute atomic E-state index is 0.137. The molecule has 100 valence electrons. The molecule has 19 heavy (non-hydrogen) atoms. The van der Waals surface area contributed by atoms with E-state index in [4.69, 9.17) is 11.6 Å². The molecule has 1 aromatic rings. The van der Waals surface area contributed by atoms with Gasteiger partial charge in [-0.3, -0.25) is 13.9 Å². The highest BCUT2D eigenvalue weighted by Crippen LogP contribution is 2.32. The Morgan fingerprint density at radius 3 is 2.74 bits per heavy atom. The number of fused-ring (bicyclic) bond motifs is 1. The molecule has 2 heterocycles. The van der Waals surface area contributed by atoms with E-state index in [0.29, 0.717) is 10.7 Å². The Bertz CT molecular complexity index is 593. The second-order valence-electron chi connectivity index (χ2n) is 4.61. The van der Waals surface area contributed by atoms with Gasteiger partial charge in [0.25, 0.3) is 5.91 Å². The van der Waals surface area contributed by atoms with Crippen molar-refractivity contribution >= 4 is 40.0 Å². The van der Waals surface area contributed by atoms with E-state index in [1.807, 2.05) is 0 Å². The predicted octanol–water partition coefficient (Wildman–Crippen LogP) is 1.51. The van der Waals surface area contributed by atoms with Gasteiger partial charge in [-0.25, -0.2) is 9.69 Å². The number of hydrogen-bond acceptors (Lipinski definition) is 3. The van der Waals surface area contributed by atoms with Crippen LogP contribution >= 0.6 is 11.6 Å². The number of carbonyl (C=O) groups excluding carboxylic acids is 2. The van der Waals surface area contributed by atoms with Crippen LogP contribution in [0.2, 0.25) is 5.02 Å². The van der Waals surface area contributed by atoms with Crippen LogP contribution in [0.3, 0.4) is 0 Å². The molecule has 3 rings (SSSR count). The van der Waals surface area contributed by atoms with Crippen molar-refractivity contribution in [3.63, 3.8) is 0 Å². The van der Waals surface area contributed by atoms with Crippen molar-refractivity contribution in [2.24, 2.45) is 0 Å². The Morgan fingerprint density at radius 1 is 1.37 bits per heavy atom. The first-order valence-electron chi connectivity index (χ1n) is 5.75. The highest BCUT2D eigenvalue weighted by Gasteiger charge is 2.50. The van der Waals surface area contributed by atoms with E-state index in [-0.39, 0.29) is 17.5 Å². The van der Waals surface area contributed by atoms with Gasteiger partial charge in [0.15, 0.2) is 0 Å². The van der Waals surface area contributed by atoms with Crippen molar-refractivity contribution in [1.82, 2.24) is 4.90 Å². The Labute approximate surface area is 117 Å². The van der Waals surface area contributed by atoms with Gasteiger partial charge in [0, 0.05) is 15.8 Å². The number of rotatable bonds is 1. The predicted molar refractivity (Wildman–Crippen MR) is 72.6 cm³/mol. The standard InChI is InChI=1S/C12H11ClN2O3S/c1-7-4-8(13)2-3-9(7)15-11(16)10-5-19(18)6-14(10)12(15)17/h2-4,10H,5-6H2,1H3. The molecular weight excluding hydrogens is 288 g/mol. The third-order valence-electron chi connectivity index (χ3n) is 3.35. The number of anilines is 1. The summed E-state index contributed by atoms with van der Waals surface area (Å²) in [7, 11) is -1.12. The lowest BCUT2D eigenvalue weighted by atomic mass is 10.2. The number of amides is 3. The molecular formula is C12H11ClN2O3S. The van der Waals surface area contributed by atoms with Gasteiger partial charge in [0.05, 0.1) is 17.3 Å². The van der Waals surface area contributed by atoms with Gasteiger partial charge in [-0.15, -0.1) is 0 Å². The molecule has 1 aromatic carbocycles. The Hall–Kier alpha value is -1.40. The molecule has 0 N–H and O–H groups in total. The lowest BCUT2D eigenvalue weighted by Gasteiger charge is -2.17. The van der Waals surface area contributed by atoms with E-state index in [1.165, 1.54) is 4.90 Å². The molecule has 2 saturated heterocycles. The first-order valence-corrected chi connectivity index (χ1v) is 7.61. The van der Waals surface area contributed by atoms with Crippen molar-refractivity contribution < 1.29 is 13.8 Å². The largest absolute Gasteiger partial charge is 0.332 e. The summed E-state index contributed by atoms with van der Waals surface area (Å²) in [5, 5.41) is 0.557. The average molecular weight is 299 g/mol. The summed E-state index contributed by atoms with van der Waals surface area (Å²) in [6.45, 7) is 1.79. The van der Waals surface area contributed by atoms with Gasteiger partial charge in [-0.1, -0.05) is 11.6 Å². The summed E-state index contributed by atoms with van der Waals surface area (Å²) in [6.07, 6.45) is 0. The molecule has 5 nitrogen and oxygen atoms in total. The number of imide groups is 1. The molecule has 0 aliphatic carbocycles. The molecule has 2 fully saturated rings. The summed E-state index contributed by atoms with van der Waals surface area (Å²) in [6, 6.07) is 4.03. The van der Waals surface area contributed by atoms with Crippen LogP contribution in [-0.4, -0.2) is 38.7 Å². The molecule has 2 aliphatic heterocycles. The lowest BCUT2D eigenvalue weighted by molar-refractivity contribution is -0.118. The molecule has 0 bridgehead atoms. The molecule has 3 amide bonds. The molecule has 2 unspecified atom stereocenters. The van der Waals surface area contributed by atoms with Crippen LogP contribution in [0.5, 0.6) is 0 Å². The third-order valence-corrected chi connectivity index (χ3v) is 4.83. The maximum absolute atomic E-state index is 12.3. The van der Waals surface area contributed by atoms with Gasteiger partial charge in [0.2, 0.25) is 0 Å². The van der Waals surface area contributed by atoms with Crippen LogP contribution in [0.1, 0.15) is 5.56 Å². The van der Waals surface area contributed by atoms with Crippen LogP contribution in [0.15, 0.2) is 18.2 Å². The van der Waals surface area contributed by atoms with Gasteiger partial charge < -0.3 is 0 Å². The minimum atomic E-state index is -1.12. The average Bonchev–Trinajstić information content (AvgIpc) is 2.82. The Kier molecular flexibility index (Phi) is 2.87. The molecule has 7 heteroatoms. The quantitative estimate of drug-likeness (QED) is 0.738. The monoisotopic (exact) mass is 298 g/mol. The van der Waals surface area contributed by atoms with Crippen LogP contribution in [0.4, 0.5) is 10.5 Å². The maximum Gasteiger partial charge on any atom is 0.332 e. The van der Waals surface area contributed by atoms with Crippen molar-refractivity contribution in [3.8, 4) is 0 Å². The van der Waals surface area contributed by atoms with Crippen molar-refractivity contribution in [1.29, 1.82) is 0 Å². The van der Waals surface area contributed by atoms with Gasteiger partial charge in [-0.05, 0) is 30.7 Å². The SMILES string of the molecule is Cc1cc(Cl)ccc1N1C(=O)C2CS(=O)CN2C1=O. The Balaban J connectivity index is 2.01. The van der Waals surface area contributed by atoms with E-state index >= 15 is 0 Å². The van der Waals surface area contributed by atoms with E-state index < -0.39 is 22.9 Å². The number of aryl methyl sites for hydroxylation is 1. The molecule has 0 spiro atoms. The number of carbonyl (C=O) groups is 2. The number of benzene rings is 1. The normalized spacial score (nSPS) is 26.2. The summed E-state index contributed by atoms with van der Waals surface area (Å²) in [5.74, 6) is 0.0628. The van der Waals surface area contributed by atoms with Crippen LogP contribution in [0, 0.1) is 6.92 Å². The zero-order valence-electron chi connectivity index (χ0n) is 10.1.